The second kappa shape index (κ2) is 7.92. The van der Waals surface area contributed by atoms with Crippen molar-refractivity contribution in [2.45, 2.75) is 13.3 Å². The van der Waals surface area contributed by atoms with Crippen molar-refractivity contribution in [2.75, 3.05) is 0 Å². The summed E-state index contributed by atoms with van der Waals surface area (Å²) in [6.45, 7) is 2.11. The fraction of sp³-hybridized carbons (Fsp3) is 0.111. The number of nitrogens with one attached hydrogen (secondary N) is 1. The molecule has 25 heavy (non-hydrogen) atoms. The van der Waals surface area contributed by atoms with E-state index in [1.54, 1.807) is 12.1 Å². The first-order chi connectivity index (χ1) is 12.0. The molecule has 2 N–H and O–H groups in total. The predicted octanol–water partition coefficient (Wildman–Crippen LogP) is 5.21. The first-order valence-corrected chi connectivity index (χ1v) is 10.2. The van der Waals surface area contributed by atoms with Crippen molar-refractivity contribution in [3.63, 3.8) is 0 Å². The summed E-state index contributed by atoms with van der Waals surface area (Å²) in [4.78, 5) is 17.2. The van der Waals surface area contributed by atoms with Gasteiger partial charge in [0.05, 0.1) is 18.6 Å². The first-order valence-electron chi connectivity index (χ1n) is 7.53. The van der Waals surface area contributed by atoms with Gasteiger partial charge in [-0.25, -0.2) is 4.99 Å². The molecule has 0 radical (unpaired) electrons. The predicted molar refractivity (Wildman–Crippen MR) is 115 cm³/mol. The van der Waals surface area contributed by atoms with E-state index in [4.69, 9.17) is 0 Å². The molecule has 0 bridgehead atoms. The molecule has 7 heteroatoms. The lowest BCUT2D eigenvalue weighted by molar-refractivity contribution is -0.115. The van der Waals surface area contributed by atoms with Gasteiger partial charge in [0.1, 0.15) is 5.75 Å². The van der Waals surface area contributed by atoms with E-state index in [1.807, 2.05) is 30.3 Å². The van der Waals surface area contributed by atoms with Gasteiger partial charge in [0.15, 0.2) is 5.17 Å². The monoisotopic (exact) mass is 528 g/mol. The van der Waals surface area contributed by atoms with Gasteiger partial charge in [-0.15, -0.1) is 0 Å². The minimum Gasteiger partial charge on any atom is -0.506 e. The van der Waals surface area contributed by atoms with Gasteiger partial charge < -0.3 is 10.4 Å². The molecule has 0 aromatic heterocycles. The molecule has 0 unspecified atom stereocenters. The Balaban J connectivity index is 1.83. The zero-order valence-electron chi connectivity index (χ0n) is 13.2. The Morgan fingerprint density at radius 2 is 2.04 bits per heavy atom. The van der Waals surface area contributed by atoms with Crippen molar-refractivity contribution >= 4 is 73.1 Å². The Labute approximate surface area is 172 Å². The standard InChI is InChI=1S/C18H14BrIN2O2S/c1-2-10-3-5-12(6-4-10)21-18-22-17(24)15(25-18)9-11-7-13(19)16(23)14(20)8-11/h3-9,23H,2H2,1H3,(H,21,22,24)/b15-9-. The second-order valence-electron chi connectivity index (χ2n) is 5.33. The minimum atomic E-state index is -0.173. The van der Waals surface area contributed by atoms with Crippen LogP contribution in [0.25, 0.3) is 6.08 Å². The number of aliphatic imine (C=N–C) groups is 1. The molecule has 2 aromatic carbocycles. The van der Waals surface area contributed by atoms with E-state index in [0.717, 1.165) is 17.7 Å². The van der Waals surface area contributed by atoms with Gasteiger partial charge in [0, 0.05) is 0 Å². The first kappa shape index (κ1) is 18.5. The van der Waals surface area contributed by atoms with Crippen LogP contribution in [0.2, 0.25) is 0 Å². The van der Waals surface area contributed by atoms with Gasteiger partial charge in [-0.05, 0) is 98.2 Å². The zero-order valence-corrected chi connectivity index (χ0v) is 17.8. The largest absolute Gasteiger partial charge is 0.506 e. The zero-order chi connectivity index (χ0) is 18.0. The van der Waals surface area contributed by atoms with Crippen LogP contribution in [0.1, 0.15) is 18.1 Å². The molecule has 0 saturated carbocycles. The molecule has 0 aliphatic carbocycles. The molecule has 1 fully saturated rings. The molecule has 4 nitrogen and oxygen atoms in total. The molecule has 2 aromatic rings. The summed E-state index contributed by atoms with van der Waals surface area (Å²) in [5.74, 6) is 0.0252. The van der Waals surface area contributed by atoms with E-state index in [1.165, 1.54) is 17.3 Å². The van der Waals surface area contributed by atoms with Gasteiger partial charge in [-0.1, -0.05) is 19.1 Å². The number of hydrogen-bond acceptors (Lipinski definition) is 4. The number of amidine groups is 1. The van der Waals surface area contributed by atoms with Crippen molar-refractivity contribution in [3.8, 4) is 5.75 Å². The van der Waals surface area contributed by atoms with Gasteiger partial charge in [0.2, 0.25) is 0 Å². The summed E-state index contributed by atoms with van der Waals surface area (Å²) >= 11 is 6.67. The van der Waals surface area contributed by atoms with Crippen LogP contribution < -0.4 is 5.32 Å². The molecular weight excluding hydrogens is 515 g/mol. The van der Waals surface area contributed by atoms with E-state index >= 15 is 0 Å². The normalized spacial score (nSPS) is 17.3. The molecule has 1 saturated heterocycles. The van der Waals surface area contributed by atoms with Crippen molar-refractivity contribution < 1.29 is 9.90 Å². The molecule has 3 rings (SSSR count). The number of nitrogens with zero attached hydrogens (tertiary/aromatic N) is 1. The van der Waals surface area contributed by atoms with E-state index < -0.39 is 0 Å². The molecule has 1 heterocycles. The Bertz CT molecular complexity index is 871. The van der Waals surface area contributed by atoms with Crippen LogP contribution in [0.15, 0.2) is 50.8 Å². The maximum absolute atomic E-state index is 12.2. The number of phenolic OH excluding ortho intramolecular Hbond substituents is 1. The fourth-order valence-corrected chi connectivity index (χ4v) is 4.56. The highest BCUT2D eigenvalue weighted by Gasteiger charge is 2.24. The van der Waals surface area contributed by atoms with Crippen LogP contribution in [0.5, 0.6) is 5.75 Å². The third kappa shape index (κ3) is 4.45. The van der Waals surface area contributed by atoms with E-state index in [9.17, 15) is 9.90 Å². The van der Waals surface area contributed by atoms with Crippen LogP contribution in [0.3, 0.4) is 0 Å². The van der Waals surface area contributed by atoms with Crippen LogP contribution in [-0.4, -0.2) is 16.2 Å². The van der Waals surface area contributed by atoms with Gasteiger partial charge in [0.25, 0.3) is 5.91 Å². The molecule has 1 amide bonds. The number of aryl methyl sites for hydroxylation is 1. The summed E-state index contributed by atoms with van der Waals surface area (Å²) in [5.41, 5.74) is 2.89. The number of hydrogen-bond donors (Lipinski definition) is 2. The second-order valence-corrected chi connectivity index (χ2v) is 8.38. The number of carbonyl (C=O) groups excluding carboxylic acids is 1. The Morgan fingerprint density at radius 1 is 1.32 bits per heavy atom. The van der Waals surface area contributed by atoms with Crippen molar-refractivity contribution in [1.82, 2.24) is 5.32 Å². The third-order valence-corrected chi connectivity index (χ3v) is 5.90. The van der Waals surface area contributed by atoms with Gasteiger partial charge in [-0.3, -0.25) is 4.79 Å². The maximum Gasteiger partial charge on any atom is 0.264 e. The van der Waals surface area contributed by atoms with Gasteiger partial charge >= 0.3 is 0 Å². The number of aromatic hydroxyl groups is 1. The number of rotatable bonds is 3. The van der Waals surface area contributed by atoms with E-state index in [-0.39, 0.29) is 11.7 Å². The summed E-state index contributed by atoms with van der Waals surface area (Å²) in [7, 11) is 0. The number of carbonyl (C=O) groups is 1. The minimum absolute atomic E-state index is 0.173. The Morgan fingerprint density at radius 3 is 2.68 bits per heavy atom. The highest BCUT2D eigenvalue weighted by Crippen LogP contribution is 2.33. The smallest absolute Gasteiger partial charge is 0.264 e. The molecule has 0 spiro atoms. The lowest BCUT2D eigenvalue weighted by Crippen LogP contribution is -2.19. The van der Waals surface area contributed by atoms with Crippen LogP contribution in [0.4, 0.5) is 5.69 Å². The van der Waals surface area contributed by atoms with Crippen molar-refractivity contribution in [3.05, 3.63) is 60.5 Å². The summed E-state index contributed by atoms with van der Waals surface area (Å²) < 4.78 is 1.31. The van der Waals surface area contributed by atoms with Gasteiger partial charge in [-0.2, -0.15) is 0 Å². The quantitative estimate of drug-likeness (QED) is 0.424. The van der Waals surface area contributed by atoms with E-state index in [0.29, 0.717) is 18.1 Å². The Kier molecular flexibility index (Phi) is 5.85. The van der Waals surface area contributed by atoms with Crippen LogP contribution in [0, 0.1) is 3.57 Å². The SMILES string of the molecule is CCc1ccc(N=C2NC(=O)/C(=C/c3cc(Br)c(O)c(I)c3)S2)cc1. The maximum atomic E-state index is 12.2. The molecule has 0 atom stereocenters. The van der Waals surface area contributed by atoms with Crippen LogP contribution in [-0.2, 0) is 11.2 Å². The average Bonchev–Trinajstić information content (AvgIpc) is 2.92. The van der Waals surface area contributed by atoms with Crippen molar-refractivity contribution in [1.29, 1.82) is 0 Å². The van der Waals surface area contributed by atoms with Crippen LogP contribution >= 0.6 is 50.3 Å². The number of benzene rings is 2. The van der Waals surface area contributed by atoms with E-state index in [2.05, 4.69) is 55.8 Å². The number of phenols is 1. The summed E-state index contributed by atoms with van der Waals surface area (Å²) in [6, 6.07) is 11.6. The topological polar surface area (TPSA) is 61.7 Å². The fourth-order valence-electron chi connectivity index (χ4n) is 2.22. The number of thioether (sulfide) groups is 1. The lowest BCUT2D eigenvalue weighted by Gasteiger charge is -2.02. The summed E-state index contributed by atoms with van der Waals surface area (Å²) in [6.07, 6.45) is 2.77. The number of halogens is 2. The summed E-state index contributed by atoms with van der Waals surface area (Å²) in [5, 5.41) is 13.2. The average molecular weight is 529 g/mol. The Hall–Kier alpha value is -1.32. The lowest BCUT2D eigenvalue weighted by atomic mass is 10.2. The molecule has 1 aliphatic rings. The number of amides is 1. The molecular formula is C18H14BrIN2O2S. The highest BCUT2D eigenvalue weighted by molar-refractivity contribution is 14.1. The highest BCUT2D eigenvalue weighted by atomic mass is 127. The third-order valence-electron chi connectivity index (χ3n) is 3.56. The molecule has 1 aliphatic heterocycles. The molecule has 128 valence electrons. The van der Waals surface area contributed by atoms with Crippen molar-refractivity contribution in [2.24, 2.45) is 4.99 Å².